The number of aromatic nitrogens is 1. The molecular weight excluding hydrogens is 158 g/mol. The van der Waals surface area contributed by atoms with Gasteiger partial charge in [0, 0.05) is 11.1 Å². The quantitative estimate of drug-likeness (QED) is 0.637. The Morgan fingerprint density at radius 2 is 1.92 bits per heavy atom. The maximum absolute atomic E-state index is 4.55. The van der Waals surface area contributed by atoms with E-state index >= 15 is 0 Å². The first-order valence-electron chi connectivity index (χ1n) is 4.64. The van der Waals surface area contributed by atoms with Crippen LogP contribution in [0.15, 0.2) is 24.3 Å². The number of pyridine rings is 1. The first kappa shape index (κ1) is 9.97. The zero-order valence-corrected chi connectivity index (χ0v) is 8.83. The third kappa shape index (κ3) is 2.69. The molecule has 1 aromatic heterocycles. The molecule has 0 amide bonds. The highest BCUT2D eigenvalue weighted by molar-refractivity contribution is 5.44. The van der Waals surface area contributed by atoms with E-state index in [0.717, 1.165) is 11.4 Å². The lowest BCUT2D eigenvalue weighted by atomic mass is 9.91. The van der Waals surface area contributed by atoms with E-state index in [2.05, 4.69) is 37.9 Å². The Hall–Kier alpha value is -1.11. The molecule has 0 saturated heterocycles. The van der Waals surface area contributed by atoms with Crippen LogP contribution in [0.25, 0.3) is 6.08 Å². The van der Waals surface area contributed by atoms with Gasteiger partial charge in [0.2, 0.25) is 0 Å². The minimum absolute atomic E-state index is 0.136. The second-order valence-electron chi connectivity index (χ2n) is 4.20. The molecule has 0 spiro atoms. The number of hydrogen-bond donors (Lipinski definition) is 0. The molecule has 0 fully saturated rings. The van der Waals surface area contributed by atoms with Crippen molar-refractivity contribution in [3.05, 3.63) is 35.7 Å². The van der Waals surface area contributed by atoms with Crippen LogP contribution in [0.4, 0.5) is 0 Å². The standard InChI is InChI=1S/C12H17N/c1-5-7-10-8-6-9-11(13-10)12(2,3)4/h5-9H,1-4H3/b7-5-. The van der Waals surface area contributed by atoms with Crippen LogP contribution in [-0.2, 0) is 5.41 Å². The molecule has 0 N–H and O–H groups in total. The molecule has 0 aliphatic heterocycles. The lowest BCUT2D eigenvalue weighted by Gasteiger charge is -2.17. The average molecular weight is 175 g/mol. The zero-order chi connectivity index (χ0) is 9.90. The highest BCUT2D eigenvalue weighted by atomic mass is 14.7. The van der Waals surface area contributed by atoms with Crippen LogP contribution in [0.5, 0.6) is 0 Å². The fourth-order valence-electron chi connectivity index (χ4n) is 1.13. The molecule has 0 radical (unpaired) electrons. The van der Waals surface area contributed by atoms with Crippen LogP contribution in [-0.4, -0.2) is 4.98 Å². The van der Waals surface area contributed by atoms with E-state index in [-0.39, 0.29) is 5.41 Å². The molecule has 0 bridgehead atoms. The van der Waals surface area contributed by atoms with E-state index in [1.165, 1.54) is 0 Å². The first-order chi connectivity index (χ1) is 6.04. The lowest BCUT2D eigenvalue weighted by molar-refractivity contribution is 0.568. The topological polar surface area (TPSA) is 12.9 Å². The summed E-state index contributed by atoms with van der Waals surface area (Å²) in [5.74, 6) is 0. The van der Waals surface area contributed by atoms with E-state index in [9.17, 15) is 0 Å². The van der Waals surface area contributed by atoms with Crippen molar-refractivity contribution >= 4 is 6.08 Å². The van der Waals surface area contributed by atoms with E-state index in [4.69, 9.17) is 0 Å². The summed E-state index contributed by atoms with van der Waals surface area (Å²) in [6.45, 7) is 8.53. The van der Waals surface area contributed by atoms with Crippen molar-refractivity contribution in [2.24, 2.45) is 0 Å². The van der Waals surface area contributed by atoms with E-state index in [1.54, 1.807) is 0 Å². The van der Waals surface area contributed by atoms with Crippen LogP contribution in [0, 0.1) is 0 Å². The summed E-state index contributed by atoms with van der Waals surface area (Å²) in [5, 5.41) is 0. The number of allylic oxidation sites excluding steroid dienone is 1. The Balaban J connectivity index is 3.05. The normalized spacial score (nSPS) is 12.3. The maximum atomic E-state index is 4.55. The van der Waals surface area contributed by atoms with Crippen molar-refractivity contribution in [2.45, 2.75) is 33.1 Å². The lowest BCUT2D eigenvalue weighted by Crippen LogP contribution is -2.13. The Bertz CT molecular complexity index is 305. The molecule has 0 aromatic carbocycles. The van der Waals surface area contributed by atoms with E-state index < -0.39 is 0 Å². The van der Waals surface area contributed by atoms with Crippen LogP contribution in [0.2, 0.25) is 0 Å². The van der Waals surface area contributed by atoms with Crippen LogP contribution in [0.1, 0.15) is 39.1 Å². The summed E-state index contributed by atoms with van der Waals surface area (Å²) in [6, 6.07) is 6.16. The van der Waals surface area contributed by atoms with Crippen molar-refractivity contribution < 1.29 is 0 Å². The molecular formula is C12H17N. The van der Waals surface area contributed by atoms with Gasteiger partial charge in [0.1, 0.15) is 0 Å². The average Bonchev–Trinajstić information content (AvgIpc) is 2.04. The van der Waals surface area contributed by atoms with Crippen LogP contribution < -0.4 is 0 Å². The summed E-state index contributed by atoms with van der Waals surface area (Å²) in [6.07, 6.45) is 4.03. The largest absolute Gasteiger partial charge is 0.253 e. The van der Waals surface area contributed by atoms with Crippen molar-refractivity contribution in [3.63, 3.8) is 0 Å². The molecule has 1 heterocycles. The summed E-state index contributed by atoms with van der Waals surface area (Å²) >= 11 is 0. The van der Waals surface area contributed by atoms with E-state index in [0.29, 0.717) is 0 Å². The van der Waals surface area contributed by atoms with Gasteiger partial charge in [-0.3, -0.25) is 4.98 Å². The minimum Gasteiger partial charge on any atom is -0.253 e. The van der Waals surface area contributed by atoms with Gasteiger partial charge in [-0.15, -0.1) is 0 Å². The summed E-state index contributed by atoms with van der Waals surface area (Å²) in [7, 11) is 0. The first-order valence-corrected chi connectivity index (χ1v) is 4.64. The highest BCUT2D eigenvalue weighted by Gasteiger charge is 2.14. The third-order valence-corrected chi connectivity index (χ3v) is 1.88. The molecule has 13 heavy (non-hydrogen) atoms. The molecule has 0 unspecified atom stereocenters. The van der Waals surface area contributed by atoms with Crippen molar-refractivity contribution in [3.8, 4) is 0 Å². The van der Waals surface area contributed by atoms with Crippen molar-refractivity contribution in [2.75, 3.05) is 0 Å². The Morgan fingerprint density at radius 1 is 1.23 bits per heavy atom. The van der Waals surface area contributed by atoms with Crippen LogP contribution in [0.3, 0.4) is 0 Å². The Labute approximate surface area is 80.5 Å². The maximum Gasteiger partial charge on any atom is 0.0629 e. The van der Waals surface area contributed by atoms with Crippen molar-refractivity contribution in [1.29, 1.82) is 0 Å². The minimum atomic E-state index is 0.136. The van der Waals surface area contributed by atoms with Crippen LogP contribution >= 0.6 is 0 Å². The van der Waals surface area contributed by atoms with Gasteiger partial charge >= 0.3 is 0 Å². The molecule has 1 rings (SSSR count). The van der Waals surface area contributed by atoms with Gasteiger partial charge < -0.3 is 0 Å². The second kappa shape index (κ2) is 3.73. The van der Waals surface area contributed by atoms with Gasteiger partial charge in [0.15, 0.2) is 0 Å². The molecule has 1 nitrogen and oxygen atoms in total. The third-order valence-electron chi connectivity index (χ3n) is 1.88. The molecule has 0 aliphatic rings. The zero-order valence-electron chi connectivity index (χ0n) is 8.83. The second-order valence-corrected chi connectivity index (χ2v) is 4.20. The highest BCUT2D eigenvalue weighted by Crippen LogP contribution is 2.19. The SMILES string of the molecule is C/C=C\c1cccc(C(C)(C)C)n1. The van der Waals surface area contributed by atoms with E-state index in [1.807, 2.05) is 25.1 Å². The molecule has 0 saturated carbocycles. The summed E-state index contributed by atoms with van der Waals surface area (Å²) < 4.78 is 0. The molecule has 70 valence electrons. The fourth-order valence-corrected chi connectivity index (χ4v) is 1.13. The summed E-state index contributed by atoms with van der Waals surface area (Å²) in [4.78, 5) is 4.55. The molecule has 1 heteroatoms. The smallest absolute Gasteiger partial charge is 0.0629 e. The van der Waals surface area contributed by atoms with Gasteiger partial charge in [0.05, 0.1) is 5.69 Å². The van der Waals surface area contributed by atoms with Gasteiger partial charge in [-0.25, -0.2) is 0 Å². The fraction of sp³-hybridized carbons (Fsp3) is 0.417. The number of rotatable bonds is 1. The van der Waals surface area contributed by atoms with Gasteiger partial charge in [-0.05, 0) is 25.1 Å². The predicted octanol–water partition coefficient (Wildman–Crippen LogP) is 3.41. The predicted molar refractivity (Wildman–Crippen MR) is 57.6 cm³/mol. The van der Waals surface area contributed by atoms with Crippen molar-refractivity contribution in [1.82, 2.24) is 4.98 Å². The molecule has 0 atom stereocenters. The Morgan fingerprint density at radius 3 is 2.46 bits per heavy atom. The monoisotopic (exact) mass is 175 g/mol. The molecule has 0 aliphatic carbocycles. The number of nitrogens with zero attached hydrogens (tertiary/aromatic N) is 1. The summed E-state index contributed by atoms with van der Waals surface area (Å²) in [5.41, 5.74) is 2.32. The van der Waals surface area contributed by atoms with Gasteiger partial charge in [-0.2, -0.15) is 0 Å². The molecule has 1 aromatic rings. The van der Waals surface area contributed by atoms with Gasteiger partial charge in [-0.1, -0.05) is 32.9 Å². The number of hydrogen-bond acceptors (Lipinski definition) is 1. The Kier molecular flexibility index (Phi) is 2.86. The van der Waals surface area contributed by atoms with Gasteiger partial charge in [0.25, 0.3) is 0 Å².